The first-order chi connectivity index (χ1) is 9.60. The molecular formula is C15H30N4O. The van der Waals surface area contributed by atoms with Crippen molar-refractivity contribution in [1.29, 1.82) is 0 Å². The molecule has 0 radical (unpaired) electrons. The summed E-state index contributed by atoms with van der Waals surface area (Å²) in [7, 11) is 2.18. The lowest BCUT2D eigenvalue weighted by Gasteiger charge is -2.34. The van der Waals surface area contributed by atoms with Gasteiger partial charge in [0.25, 0.3) is 0 Å². The lowest BCUT2D eigenvalue weighted by molar-refractivity contribution is -0.127. The molecule has 1 amide bonds. The minimum Gasteiger partial charge on any atom is -0.354 e. The molecular weight excluding hydrogens is 252 g/mol. The molecule has 1 atom stereocenters. The van der Waals surface area contributed by atoms with Crippen LogP contribution in [0.2, 0.25) is 0 Å². The van der Waals surface area contributed by atoms with Crippen LogP contribution in [-0.2, 0) is 4.79 Å². The van der Waals surface area contributed by atoms with Crippen LogP contribution in [0, 0.1) is 0 Å². The zero-order valence-electron chi connectivity index (χ0n) is 13.1. The van der Waals surface area contributed by atoms with Gasteiger partial charge in [0.1, 0.15) is 0 Å². The molecule has 0 aliphatic carbocycles. The third kappa shape index (κ3) is 4.43. The Kier molecular flexibility index (Phi) is 5.81. The van der Waals surface area contributed by atoms with E-state index in [-0.39, 0.29) is 11.4 Å². The zero-order valence-corrected chi connectivity index (χ0v) is 13.1. The number of hydrogen-bond acceptors (Lipinski definition) is 4. The Morgan fingerprint density at radius 1 is 1.25 bits per heavy atom. The number of likely N-dealkylation sites (N-methyl/N-ethyl adjacent to an activating group) is 1. The largest absolute Gasteiger partial charge is 0.354 e. The van der Waals surface area contributed by atoms with Crippen molar-refractivity contribution in [2.45, 2.75) is 38.1 Å². The van der Waals surface area contributed by atoms with Gasteiger partial charge in [-0.2, -0.15) is 0 Å². The Bertz CT molecular complexity index is 307. The zero-order chi connectivity index (χ0) is 14.4. The summed E-state index contributed by atoms with van der Waals surface area (Å²) in [5.41, 5.74) is -0.341. The molecule has 116 valence electrons. The third-order valence-corrected chi connectivity index (χ3v) is 4.65. The van der Waals surface area contributed by atoms with Crippen LogP contribution in [0.15, 0.2) is 0 Å². The fourth-order valence-electron chi connectivity index (χ4n) is 3.02. The smallest absolute Gasteiger partial charge is 0.240 e. The average Bonchev–Trinajstić information content (AvgIpc) is 2.46. The second-order valence-electron chi connectivity index (χ2n) is 6.47. The van der Waals surface area contributed by atoms with Gasteiger partial charge in [-0.05, 0) is 52.7 Å². The molecule has 1 unspecified atom stereocenters. The molecule has 5 heteroatoms. The van der Waals surface area contributed by atoms with Gasteiger partial charge in [-0.15, -0.1) is 0 Å². The number of nitrogens with one attached hydrogen (secondary N) is 2. The Labute approximate surface area is 123 Å². The van der Waals surface area contributed by atoms with Crippen molar-refractivity contribution in [3.05, 3.63) is 0 Å². The molecule has 0 spiro atoms. The van der Waals surface area contributed by atoms with E-state index in [9.17, 15) is 4.79 Å². The van der Waals surface area contributed by atoms with Crippen LogP contribution in [0.3, 0.4) is 0 Å². The second kappa shape index (κ2) is 7.38. The molecule has 0 saturated carbocycles. The van der Waals surface area contributed by atoms with Crippen LogP contribution in [-0.4, -0.2) is 74.1 Å². The van der Waals surface area contributed by atoms with Crippen molar-refractivity contribution in [2.75, 3.05) is 52.9 Å². The van der Waals surface area contributed by atoms with Gasteiger partial charge >= 0.3 is 0 Å². The van der Waals surface area contributed by atoms with E-state index in [1.807, 2.05) is 6.92 Å². The molecule has 2 rings (SSSR count). The number of amides is 1. The number of piperidine rings is 1. The maximum atomic E-state index is 12.2. The van der Waals surface area contributed by atoms with Gasteiger partial charge in [-0.25, -0.2) is 0 Å². The molecule has 2 fully saturated rings. The predicted molar refractivity (Wildman–Crippen MR) is 81.8 cm³/mol. The lowest BCUT2D eigenvalue weighted by Crippen LogP contribution is -2.57. The van der Waals surface area contributed by atoms with E-state index in [4.69, 9.17) is 0 Å². The molecule has 2 N–H and O–H groups in total. The quantitative estimate of drug-likeness (QED) is 0.711. The number of rotatable bonds is 5. The number of carbonyl (C=O) groups is 1. The van der Waals surface area contributed by atoms with Crippen molar-refractivity contribution < 1.29 is 4.79 Å². The summed E-state index contributed by atoms with van der Waals surface area (Å²) >= 11 is 0. The van der Waals surface area contributed by atoms with E-state index >= 15 is 0 Å². The standard InChI is InChI=1S/C15H30N4O/c1-15(6-3-4-8-17-15)14(20)16-7-5-9-19-12-10-18(2)11-13-19/h17H,3-13H2,1-2H3,(H,16,20). The molecule has 0 aromatic carbocycles. The predicted octanol–water partition coefficient (Wildman–Crippen LogP) is 0.272. The first-order valence-corrected chi connectivity index (χ1v) is 8.04. The SMILES string of the molecule is CN1CCN(CCCNC(=O)C2(C)CCCCN2)CC1. The van der Waals surface area contributed by atoms with Crippen molar-refractivity contribution in [2.24, 2.45) is 0 Å². The Balaban J connectivity index is 1.59. The molecule has 2 saturated heterocycles. The van der Waals surface area contributed by atoms with Gasteiger partial charge in [-0.1, -0.05) is 0 Å². The van der Waals surface area contributed by atoms with Gasteiger partial charge in [0.05, 0.1) is 5.54 Å². The molecule has 2 aliphatic heterocycles. The van der Waals surface area contributed by atoms with E-state index in [1.54, 1.807) is 0 Å². The van der Waals surface area contributed by atoms with Gasteiger partial charge < -0.3 is 20.4 Å². The topological polar surface area (TPSA) is 47.6 Å². The number of piperazine rings is 1. The second-order valence-corrected chi connectivity index (χ2v) is 6.47. The fourth-order valence-corrected chi connectivity index (χ4v) is 3.02. The maximum absolute atomic E-state index is 12.2. The van der Waals surface area contributed by atoms with Gasteiger partial charge in [-0.3, -0.25) is 4.79 Å². The fraction of sp³-hybridized carbons (Fsp3) is 0.933. The molecule has 0 aromatic heterocycles. The first kappa shape index (κ1) is 15.7. The van der Waals surface area contributed by atoms with Crippen molar-refractivity contribution in [3.63, 3.8) is 0 Å². The summed E-state index contributed by atoms with van der Waals surface area (Å²) in [4.78, 5) is 17.1. The monoisotopic (exact) mass is 282 g/mol. The Morgan fingerprint density at radius 3 is 2.65 bits per heavy atom. The highest BCUT2D eigenvalue weighted by atomic mass is 16.2. The van der Waals surface area contributed by atoms with Crippen LogP contribution in [0.25, 0.3) is 0 Å². The van der Waals surface area contributed by atoms with Crippen molar-refractivity contribution in [1.82, 2.24) is 20.4 Å². The molecule has 0 bridgehead atoms. The van der Waals surface area contributed by atoms with Gasteiger partial charge in [0, 0.05) is 32.7 Å². The van der Waals surface area contributed by atoms with Crippen LogP contribution >= 0.6 is 0 Å². The summed E-state index contributed by atoms with van der Waals surface area (Å²) in [6, 6.07) is 0. The number of carbonyl (C=O) groups excluding carboxylic acids is 1. The van der Waals surface area contributed by atoms with E-state index in [2.05, 4.69) is 27.5 Å². The Morgan fingerprint density at radius 2 is 2.00 bits per heavy atom. The van der Waals surface area contributed by atoms with Gasteiger partial charge in [0.2, 0.25) is 5.91 Å². The van der Waals surface area contributed by atoms with Crippen molar-refractivity contribution in [3.8, 4) is 0 Å². The first-order valence-electron chi connectivity index (χ1n) is 8.04. The average molecular weight is 282 g/mol. The third-order valence-electron chi connectivity index (χ3n) is 4.65. The molecule has 2 heterocycles. The molecule has 0 aromatic rings. The summed E-state index contributed by atoms with van der Waals surface area (Å²) in [5, 5.41) is 6.47. The minimum atomic E-state index is -0.341. The normalized spacial score (nSPS) is 29.3. The number of nitrogens with zero attached hydrogens (tertiary/aromatic N) is 2. The van der Waals surface area contributed by atoms with Crippen LogP contribution in [0.5, 0.6) is 0 Å². The van der Waals surface area contributed by atoms with Crippen LogP contribution in [0.4, 0.5) is 0 Å². The van der Waals surface area contributed by atoms with E-state index in [1.165, 1.54) is 6.42 Å². The van der Waals surface area contributed by atoms with Gasteiger partial charge in [0.15, 0.2) is 0 Å². The molecule has 2 aliphatic rings. The highest BCUT2D eigenvalue weighted by Gasteiger charge is 2.33. The summed E-state index contributed by atoms with van der Waals surface area (Å²) < 4.78 is 0. The lowest BCUT2D eigenvalue weighted by atomic mass is 9.90. The summed E-state index contributed by atoms with van der Waals surface area (Å²) in [5.74, 6) is 0.176. The number of hydrogen-bond donors (Lipinski definition) is 2. The van der Waals surface area contributed by atoms with Crippen molar-refractivity contribution >= 4 is 5.91 Å². The van der Waals surface area contributed by atoms with Crippen LogP contribution < -0.4 is 10.6 Å². The molecule has 5 nitrogen and oxygen atoms in total. The molecule has 20 heavy (non-hydrogen) atoms. The summed E-state index contributed by atoms with van der Waals surface area (Å²) in [6.45, 7) is 9.52. The van der Waals surface area contributed by atoms with Crippen LogP contribution in [0.1, 0.15) is 32.6 Å². The minimum absolute atomic E-state index is 0.176. The van der Waals surface area contributed by atoms with E-state index in [0.29, 0.717) is 0 Å². The summed E-state index contributed by atoms with van der Waals surface area (Å²) in [6.07, 6.45) is 4.34. The maximum Gasteiger partial charge on any atom is 0.240 e. The highest BCUT2D eigenvalue weighted by Crippen LogP contribution is 2.18. The van der Waals surface area contributed by atoms with E-state index in [0.717, 1.165) is 65.1 Å². The van der Waals surface area contributed by atoms with E-state index < -0.39 is 0 Å². The Hall–Kier alpha value is -0.650. The highest BCUT2D eigenvalue weighted by molar-refractivity contribution is 5.85.